The quantitative estimate of drug-likeness (QED) is 0.466. The lowest BCUT2D eigenvalue weighted by Gasteiger charge is -2.21. The van der Waals surface area contributed by atoms with E-state index in [4.69, 9.17) is 4.74 Å². The van der Waals surface area contributed by atoms with Gasteiger partial charge in [-0.3, -0.25) is 9.78 Å². The maximum Gasteiger partial charge on any atom is 0.255 e. The zero-order valence-electron chi connectivity index (χ0n) is 16.3. The van der Waals surface area contributed by atoms with Crippen LogP contribution in [0.4, 0.5) is 5.95 Å². The van der Waals surface area contributed by atoms with Crippen molar-refractivity contribution in [1.82, 2.24) is 15.3 Å². The Hall–Kier alpha value is -2.34. The highest BCUT2D eigenvalue weighted by Gasteiger charge is 2.17. The maximum absolute atomic E-state index is 12.3. The van der Waals surface area contributed by atoms with Crippen molar-refractivity contribution >= 4 is 5.95 Å². The van der Waals surface area contributed by atoms with Crippen LogP contribution in [0.2, 0.25) is 0 Å². The molecule has 0 radical (unpaired) electrons. The van der Waals surface area contributed by atoms with E-state index in [1.165, 1.54) is 5.56 Å². The number of ether oxygens (including phenoxy) is 1. The van der Waals surface area contributed by atoms with Crippen LogP contribution in [0.15, 0.2) is 29.1 Å². The Morgan fingerprint density at radius 2 is 2.11 bits per heavy atom. The first-order valence-electron chi connectivity index (χ1n) is 10.0. The second-order valence-corrected chi connectivity index (χ2v) is 7.03. The summed E-state index contributed by atoms with van der Waals surface area (Å²) in [5, 5.41) is 6.64. The number of nitrogens with one attached hydrogen (secondary N) is 3. The summed E-state index contributed by atoms with van der Waals surface area (Å²) in [5.41, 5.74) is 2.93. The van der Waals surface area contributed by atoms with Crippen molar-refractivity contribution in [2.45, 2.75) is 65.1 Å². The average Bonchev–Trinajstić information content (AvgIpc) is 2.68. The molecule has 1 aliphatic carbocycles. The Morgan fingerprint density at radius 3 is 2.93 bits per heavy atom. The molecule has 1 atom stereocenters. The van der Waals surface area contributed by atoms with Crippen LogP contribution in [0.5, 0.6) is 5.75 Å². The van der Waals surface area contributed by atoms with E-state index in [1.807, 2.05) is 19.1 Å². The van der Waals surface area contributed by atoms with Gasteiger partial charge in [0.2, 0.25) is 5.95 Å². The summed E-state index contributed by atoms with van der Waals surface area (Å²) in [6.07, 6.45) is 5.46. The van der Waals surface area contributed by atoms with Crippen molar-refractivity contribution < 1.29 is 4.74 Å². The Bertz CT molecular complexity index is 803. The second kappa shape index (κ2) is 9.55. The minimum atomic E-state index is -0.256. The van der Waals surface area contributed by atoms with Gasteiger partial charge in [0.1, 0.15) is 5.75 Å². The standard InChI is InChI=1S/C21H30N4O2/c1-3-12-22-14-15-8-7-9-16(13-15)27-19(4-2)24-21-23-18-11-6-5-10-17(18)20(26)25-21/h7-9,13,19,22H,3-6,10-12,14H2,1-2H3,(H2,23,24,25,26). The van der Waals surface area contributed by atoms with Crippen LogP contribution < -0.4 is 20.9 Å². The normalized spacial score (nSPS) is 14.4. The van der Waals surface area contributed by atoms with E-state index in [0.29, 0.717) is 5.95 Å². The van der Waals surface area contributed by atoms with E-state index >= 15 is 0 Å². The molecule has 0 spiro atoms. The Labute approximate surface area is 160 Å². The van der Waals surface area contributed by atoms with Crippen LogP contribution in [0.3, 0.4) is 0 Å². The highest BCUT2D eigenvalue weighted by atomic mass is 16.5. The molecule has 1 aromatic carbocycles. The molecule has 3 N–H and O–H groups in total. The van der Waals surface area contributed by atoms with Gasteiger partial charge in [-0.15, -0.1) is 0 Å². The zero-order valence-corrected chi connectivity index (χ0v) is 16.3. The number of fused-ring (bicyclic) bond motifs is 1. The number of rotatable bonds is 9. The monoisotopic (exact) mass is 370 g/mol. The Kier molecular flexibility index (Phi) is 6.87. The molecule has 0 saturated heterocycles. The van der Waals surface area contributed by atoms with Gasteiger partial charge in [-0.2, -0.15) is 0 Å². The molecule has 0 saturated carbocycles. The lowest BCUT2D eigenvalue weighted by atomic mass is 9.97. The maximum atomic E-state index is 12.3. The van der Waals surface area contributed by atoms with Crippen molar-refractivity contribution in [2.24, 2.45) is 0 Å². The van der Waals surface area contributed by atoms with Crippen LogP contribution in [0, 0.1) is 0 Å². The van der Waals surface area contributed by atoms with Gasteiger partial charge < -0.3 is 15.4 Å². The second-order valence-electron chi connectivity index (χ2n) is 7.03. The molecule has 0 fully saturated rings. The van der Waals surface area contributed by atoms with E-state index in [1.54, 1.807) is 0 Å². The third kappa shape index (κ3) is 5.32. The molecule has 6 nitrogen and oxygen atoms in total. The molecule has 6 heteroatoms. The number of hydrogen-bond acceptors (Lipinski definition) is 5. The molecule has 2 aromatic rings. The summed E-state index contributed by atoms with van der Waals surface area (Å²) >= 11 is 0. The van der Waals surface area contributed by atoms with Gasteiger partial charge >= 0.3 is 0 Å². The molecule has 1 aliphatic rings. The largest absolute Gasteiger partial charge is 0.471 e. The van der Waals surface area contributed by atoms with Crippen LogP contribution in [-0.4, -0.2) is 22.7 Å². The molecule has 1 aromatic heterocycles. The number of anilines is 1. The topological polar surface area (TPSA) is 79.0 Å². The van der Waals surface area contributed by atoms with Crippen LogP contribution in [0.1, 0.15) is 56.4 Å². The number of aromatic amines is 1. The van der Waals surface area contributed by atoms with E-state index in [-0.39, 0.29) is 11.8 Å². The van der Waals surface area contributed by atoms with Crippen LogP contribution >= 0.6 is 0 Å². The Balaban J connectivity index is 1.67. The van der Waals surface area contributed by atoms with E-state index in [0.717, 1.165) is 68.6 Å². The number of H-pyrrole nitrogens is 1. The van der Waals surface area contributed by atoms with E-state index in [9.17, 15) is 4.79 Å². The van der Waals surface area contributed by atoms with E-state index in [2.05, 4.69) is 39.7 Å². The van der Waals surface area contributed by atoms with Gasteiger partial charge in [0, 0.05) is 18.5 Å². The number of aryl methyl sites for hydroxylation is 1. The molecule has 0 aliphatic heterocycles. The summed E-state index contributed by atoms with van der Waals surface area (Å²) in [6, 6.07) is 8.10. The molecule has 27 heavy (non-hydrogen) atoms. The lowest BCUT2D eigenvalue weighted by molar-refractivity contribution is 0.224. The minimum Gasteiger partial charge on any atom is -0.471 e. The van der Waals surface area contributed by atoms with Crippen molar-refractivity contribution in [3.8, 4) is 5.75 Å². The third-order valence-electron chi connectivity index (χ3n) is 4.79. The number of benzene rings is 1. The molecular formula is C21H30N4O2. The zero-order chi connectivity index (χ0) is 19.1. The SMILES string of the molecule is CCCNCc1cccc(OC(CC)Nc2nc3c(c(=O)[nH]2)CCCC3)c1. The summed E-state index contributed by atoms with van der Waals surface area (Å²) < 4.78 is 6.10. The first-order valence-corrected chi connectivity index (χ1v) is 10.0. The predicted octanol–water partition coefficient (Wildman–Crippen LogP) is 3.38. The third-order valence-corrected chi connectivity index (χ3v) is 4.79. The van der Waals surface area contributed by atoms with Gasteiger partial charge in [0.15, 0.2) is 6.23 Å². The summed E-state index contributed by atoms with van der Waals surface area (Å²) in [5.74, 6) is 1.30. The fourth-order valence-electron chi connectivity index (χ4n) is 3.34. The van der Waals surface area contributed by atoms with Gasteiger partial charge in [0.25, 0.3) is 5.56 Å². The highest BCUT2D eigenvalue weighted by molar-refractivity contribution is 5.33. The van der Waals surface area contributed by atoms with Crippen molar-refractivity contribution in [1.29, 1.82) is 0 Å². The van der Waals surface area contributed by atoms with Crippen molar-refractivity contribution in [3.63, 3.8) is 0 Å². The van der Waals surface area contributed by atoms with Crippen LogP contribution in [0.25, 0.3) is 0 Å². The summed E-state index contributed by atoms with van der Waals surface area (Å²) in [7, 11) is 0. The molecule has 146 valence electrons. The fraction of sp³-hybridized carbons (Fsp3) is 0.524. The fourth-order valence-corrected chi connectivity index (χ4v) is 3.34. The van der Waals surface area contributed by atoms with E-state index < -0.39 is 0 Å². The van der Waals surface area contributed by atoms with Crippen LogP contribution in [-0.2, 0) is 19.4 Å². The minimum absolute atomic E-state index is 0.0268. The average molecular weight is 370 g/mol. The highest BCUT2D eigenvalue weighted by Crippen LogP contribution is 2.19. The number of nitrogens with zero attached hydrogens (tertiary/aromatic N) is 1. The van der Waals surface area contributed by atoms with Gasteiger partial charge in [-0.1, -0.05) is 26.0 Å². The Morgan fingerprint density at radius 1 is 1.26 bits per heavy atom. The van der Waals surface area contributed by atoms with Crippen molar-refractivity contribution in [2.75, 3.05) is 11.9 Å². The summed E-state index contributed by atoms with van der Waals surface area (Å²) in [6.45, 7) is 6.03. The molecule has 0 bridgehead atoms. The predicted molar refractivity (Wildman–Crippen MR) is 108 cm³/mol. The van der Waals surface area contributed by atoms with Gasteiger partial charge in [0.05, 0.1) is 5.69 Å². The van der Waals surface area contributed by atoms with Crippen molar-refractivity contribution in [3.05, 3.63) is 51.4 Å². The van der Waals surface area contributed by atoms with Gasteiger partial charge in [-0.05, 0) is 56.3 Å². The number of aromatic nitrogens is 2. The lowest BCUT2D eigenvalue weighted by Crippen LogP contribution is -2.30. The molecule has 1 heterocycles. The first kappa shape index (κ1) is 19.4. The molecule has 1 unspecified atom stereocenters. The summed E-state index contributed by atoms with van der Waals surface area (Å²) in [4.78, 5) is 19.8. The molecule has 0 amide bonds. The number of hydrogen-bond donors (Lipinski definition) is 3. The smallest absolute Gasteiger partial charge is 0.255 e. The molecular weight excluding hydrogens is 340 g/mol. The first-order chi connectivity index (χ1) is 13.2. The molecule has 3 rings (SSSR count). The van der Waals surface area contributed by atoms with Gasteiger partial charge in [-0.25, -0.2) is 4.98 Å².